The van der Waals surface area contributed by atoms with E-state index in [1.54, 1.807) is 19.1 Å². The van der Waals surface area contributed by atoms with E-state index in [2.05, 4.69) is 5.16 Å². The highest BCUT2D eigenvalue weighted by atomic mass is 16.6. The Morgan fingerprint density at radius 3 is 2.81 bits per heavy atom. The van der Waals surface area contributed by atoms with Crippen LogP contribution in [0.1, 0.15) is 5.56 Å². The molecule has 2 rings (SSSR count). The standard InChI is InChI=1S/C10H9N3O3/c1-6-9(12-16-10(6)11)7-3-2-4-8(5-7)13(14)15/h2-5H,11H2,1H3. The number of nitrogen functional groups attached to an aromatic ring is 1. The van der Waals surface area contributed by atoms with Crippen LogP contribution in [0.2, 0.25) is 0 Å². The summed E-state index contributed by atoms with van der Waals surface area (Å²) in [6.45, 7) is 1.75. The second-order valence-corrected chi connectivity index (χ2v) is 3.33. The first kappa shape index (κ1) is 10.2. The average molecular weight is 219 g/mol. The maximum atomic E-state index is 10.6. The monoisotopic (exact) mass is 219 g/mol. The predicted octanol–water partition coefficient (Wildman–Crippen LogP) is 2.14. The number of hydrogen-bond acceptors (Lipinski definition) is 5. The van der Waals surface area contributed by atoms with Gasteiger partial charge in [0, 0.05) is 23.3 Å². The lowest BCUT2D eigenvalue weighted by Crippen LogP contribution is -1.89. The van der Waals surface area contributed by atoms with Gasteiger partial charge in [0.1, 0.15) is 5.69 Å². The minimum Gasteiger partial charge on any atom is -0.367 e. The van der Waals surface area contributed by atoms with E-state index in [1.165, 1.54) is 12.1 Å². The highest BCUT2D eigenvalue weighted by Gasteiger charge is 2.14. The molecule has 2 aromatic rings. The normalized spacial score (nSPS) is 10.3. The number of nitro groups is 1. The van der Waals surface area contributed by atoms with Crippen molar-refractivity contribution in [1.29, 1.82) is 0 Å². The van der Waals surface area contributed by atoms with Gasteiger partial charge in [-0.05, 0) is 6.92 Å². The first-order valence-corrected chi connectivity index (χ1v) is 4.56. The number of nitrogens with zero attached hydrogens (tertiary/aromatic N) is 2. The first-order chi connectivity index (χ1) is 7.59. The van der Waals surface area contributed by atoms with Crippen LogP contribution in [-0.2, 0) is 0 Å². The number of rotatable bonds is 2. The van der Waals surface area contributed by atoms with E-state index in [0.29, 0.717) is 16.8 Å². The summed E-state index contributed by atoms with van der Waals surface area (Å²) in [5, 5.41) is 14.4. The second kappa shape index (κ2) is 3.65. The Kier molecular flexibility index (Phi) is 2.32. The van der Waals surface area contributed by atoms with Crippen LogP contribution in [-0.4, -0.2) is 10.1 Å². The maximum Gasteiger partial charge on any atom is 0.270 e. The molecule has 0 saturated carbocycles. The van der Waals surface area contributed by atoms with Crippen molar-refractivity contribution in [1.82, 2.24) is 5.16 Å². The van der Waals surface area contributed by atoms with Gasteiger partial charge in [0.05, 0.1) is 4.92 Å². The maximum absolute atomic E-state index is 10.6. The third-order valence-corrected chi connectivity index (χ3v) is 2.29. The van der Waals surface area contributed by atoms with Gasteiger partial charge in [0.15, 0.2) is 0 Å². The van der Waals surface area contributed by atoms with Crippen LogP contribution in [0.15, 0.2) is 28.8 Å². The number of hydrogen-bond donors (Lipinski definition) is 1. The van der Waals surface area contributed by atoms with E-state index >= 15 is 0 Å². The molecule has 0 atom stereocenters. The zero-order chi connectivity index (χ0) is 11.7. The van der Waals surface area contributed by atoms with Gasteiger partial charge >= 0.3 is 0 Å². The molecule has 1 aromatic carbocycles. The zero-order valence-electron chi connectivity index (χ0n) is 8.51. The van der Waals surface area contributed by atoms with Crippen molar-refractivity contribution in [3.8, 4) is 11.3 Å². The summed E-state index contributed by atoms with van der Waals surface area (Å²) in [6.07, 6.45) is 0. The summed E-state index contributed by atoms with van der Waals surface area (Å²) in [5.74, 6) is 0.224. The molecule has 1 aromatic heterocycles. The van der Waals surface area contributed by atoms with Gasteiger partial charge in [-0.1, -0.05) is 17.3 Å². The molecule has 0 unspecified atom stereocenters. The van der Waals surface area contributed by atoms with Gasteiger partial charge < -0.3 is 10.3 Å². The van der Waals surface area contributed by atoms with Crippen LogP contribution >= 0.6 is 0 Å². The number of nitro benzene ring substituents is 1. The average Bonchev–Trinajstić information content (AvgIpc) is 2.60. The molecule has 6 heteroatoms. The van der Waals surface area contributed by atoms with E-state index in [4.69, 9.17) is 10.3 Å². The Morgan fingerprint density at radius 2 is 2.25 bits per heavy atom. The van der Waals surface area contributed by atoms with Crippen LogP contribution < -0.4 is 5.73 Å². The third kappa shape index (κ3) is 1.60. The molecule has 0 aliphatic carbocycles. The molecule has 1 heterocycles. The molecule has 16 heavy (non-hydrogen) atoms. The fraction of sp³-hybridized carbons (Fsp3) is 0.100. The Hall–Kier alpha value is -2.37. The van der Waals surface area contributed by atoms with Gasteiger partial charge in [0.2, 0.25) is 5.88 Å². The van der Waals surface area contributed by atoms with Crippen molar-refractivity contribution >= 4 is 11.6 Å². The van der Waals surface area contributed by atoms with Gasteiger partial charge in [0.25, 0.3) is 5.69 Å². The quantitative estimate of drug-likeness (QED) is 0.616. The summed E-state index contributed by atoms with van der Waals surface area (Å²) in [5.41, 5.74) is 7.35. The predicted molar refractivity (Wildman–Crippen MR) is 57.7 cm³/mol. The molecule has 0 amide bonds. The zero-order valence-corrected chi connectivity index (χ0v) is 8.51. The molecule has 0 aliphatic heterocycles. The highest BCUT2D eigenvalue weighted by molar-refractivity contribution is 5.68. The van der Waals surface area contributed by atoms with Crippen molar-refractivity contribution in [3.63, 3.8) is 0 Å². The van der Waals surface area contributed by atoms with Crippen molar-refractivity contribution in [2.45, 2.75) is 6.92 Å². The number of nitrogens with two attached hydrogens (primary N) is 1. The smallest absolute Gasteiger partial charge is 0.270 e. The Labute approximate surface area is 90.8 Å². The van der Waals surface area contributed by atoms with E-state index in [9.17, 15) is 10.1 Å². The van der Waals surface area contributed by atoms with Gasteiger partial charge in [-0.15, -0.1) is 0 Å². The van der Waals surface area contributed by atoms with Crippen LogP contribution in [0.3, 0.4) is 0 Å². The van der Waals surface area contributed by atoms with Gasteiger partial charge in [-0.2, -0.15) is 0 Å². The Bertz CT molecular complexity index is 548. The minimum atomic E-state index is -0.456. The molecule has 6 nitrogen and oxygen atoms in total. The van der Waals surface area contributed by atoms with Gasteiger partial charge in [-0.3, -0.25) is 10.1 Å². The highest BCUT2D eigenvalue weighted by Crippen LogP contribution is 2.28. The molecule has 0 radical (unpaired) electrons. The van der Waals surface area contributed by atoms with E-state index < -0.39 is 4.92 Å². The number of aromatic nitrogens is 1. The lowest BCUT2D eigenvalue weighted by Gasteiger charge is -1.97. The van der Waals surface area contributed by atoms with Crippen LogP contribution in [0.25, 0.3) is 11.3 Å². The molecule has 0 bridgehead atoms. The molecule has 2 N–H and O–H groups in total. The largest absolute Gasteiger partial charge is 0.367 e. The molecule has 0 spiro atoms. The Morgan fingerprint density at radius 1 is 1.50 bits per heavy atom. The van der Waals surface area contributed by atoms with Crippen LogP contribution in [0.4, 0.5) is 11.6 Å². The Balaban J connectivity index is 2.52. The number of anilines is 1. The summed E-state index contributed by atoms with van der Waals surface area (Å²) >= 11 is 0. The fourth-order valence-corrected chi connectivity index (χ4v) is 1.38. The van der Waals surface area contributed by atoms with Crippen molar-refractivity contribution in [2.75, 3.05) is 5.73 Å². The van der Waals surface area contributed by atoms with Gasteiger partial charge in [-0.25, -0.2) is 0 Å². The SMILES string of the molecule is Cc1c(-c2cccc([N+](=O)[O-])c2)noc1N. The van der Waals surface area contributed by atoms with E-state index in [1.807, 2.05) is 0 Å². The molecule has 0 aliphatic rings. The van der Waals surface area contributed by atoms with Crippen LogP contribution in [0, 0.1) is 17.0 Å². The summed E-state index contributed by atoms with van der Waals surface area (Å²) < 4.78 is 4.81. The molecular weight excluding hydrogens is 210 g/mol. The number of non-ortho nitro benzene ring substituents is 1. The van der Waals surface area contributed by atoms with Crippen molar-refractivity contribution in [2.24, 2.45) is 0 Å². The minimum absolute atomic E-state index is 0.0125. The second-order valence-electron chi connectivity index (χ2n) is 3.33. The fourth-order valence-electron chi connectivity index (χ4n) is 1.38. The van der Waals surface area contributed by atoms with Crippen molar-refractivity contribution in [3.05, 3.63) is 39.9 Å². The molecular formula is C10H9N3O3. The van der Waals surface area contributed by atoms with Crippen LogP contribution in [0.5, 0.6) is 0 Å². The lowest BCUT2D eigenvalue weighted by atomic mass is 10.1. The molecule has 0 saturated heterocycles. The number of benzene rings is 1. The first-order valence-electron chi connectivity index (χ1n) is 4.56. The van der Waals surface area contributed by atoms with Crippen molar-refractivity contribution < 1.29 is 9.45 Å². The van der Waals surface area contributed by atoms with E-state index in [0.717, 1.165) is 0 Å². The third-order valence-electron chi connectivity index (χ3n) is 2.29. The van der Waals surface area contributed by atoms with E-state index in [-0.39, 0.29) is 11.6 Å². The summed E-state index contributed by atoms with van der Waals surface area (Å²) in [4.78, 5) is 10.2. The topological polar surface area (TPSA) is 95.2 Å². The summed E-state index contributed by atoms with van der Waals surface area (Å²) in [6, 6.07) is 6.17. The molecule has 0 fully saturated rings. The lowest BCUT2D eigenvalue weighted by molar-refractivity contribution is -0.384. The summed E-state index contributed by atoms with van der Waals surface area (Å²) in [7, 11) is 0. The molecule has 82 valence electrons.